The van der Waals surface area contributed by atoms with Crippen LogP contribution in [0.15, 0.2) is 46.5 Å². The molecule has 2 aromatic rings. The van der Waals surface area contributed by atoms with E-state index in [1.54, 1.807) is 0 Å². The predicted octanol–water partition coefficient (Wildman–Crippen LogP) is 1.28. The van der Waals surface area contributed by atoms with Crippen molar-refractivity contribution in [2.24, 2.45) is 0 Å². The molecule has 0 aliphatic heterocycles. The fraction of sp³-hybridized carbons (Fsp3) is 0.200. The number of aliphatic hydroxyl groups is 1. The molecule has 0 bridgehead atoms. The number of thioether (sulfide) groups is 1. The van der Waals surface area contributed by atoms with E-state index in [1.165, 1.54) is 24.0 Å². The van der Waals surface area contributed by atoms with Gasteiger partial charge in [0.1, 0.15) is 12.4 Å². The number of benzene rings is 1. The number of nitrogens with zero attached hydrogens (tertiary/aromatic N) is 1. The SMILES string of the molecule is O=c1ccnc(SCCOc2ccc(C#CCO)cc2)[nH]1. The van der Waals surface area contributed by atoms with Gasteiger partial charge in [-0.25, -0.2) is 4.98 Å². The van der Waals surface area contributed by atoms with Crippen LogP contribution >= 0.6 is 11.8 Å². The molecule has 0 atom stereocenters. The highest BCUT2D eigenvalue weighted by molar-refractivity contribution is 7.99. The molecule has 0 spiro atoms. The standard InChI is InChI=1S/C15H14N2O3S/c18-9-1-2-12-3-5-13(6-4-12)20-10-11-21-15-16-8-7-14(19)17-15/h3-8,18H,9-11H2,(H,16,17,19). The van der Waals surface area contributed by atoms with Crippen molar-refractivity contribution < 1.29 is 9.84 Å². The fourth-order valence-corrected chi connectivity index (χ4v) is 2.17. The Labute approximate surface area is 126 Å². The lowest BCUT2D eigenvalue weighted by atomic mass is 10.2. The zero-order valence-electron chi connectivity index (χ0n) is 11.2. The first-order valence-corrected chi connectivity index (χ1v) is 7.27. The summed E-state index contributed by atoms with van der Waals surface area (Å²) in [5, 5.41) is 9.19. The van der Waals surface area contributed by atoms with Crippen LogP contribution in [0.3, 0.4) is 0 Å². The van der Waals surface area contributed by atoms with E-state index in [0.717, 1.165) is 11.3 Å². The van der Waals surface area contributed by atoms with Crippen LogP contribution in [-0.4, -0.2) is 34.0 Å². The Balaban J connectivity index is 1.77. The largest absolute Gasteiger partial charge is 0.493 e. The van der Waals surface area contributed by atoms with Crippen LogP contribution < -0.4 is 10.3 Å². The van der Waals surface area contributed by atoms with Gasteiger partial charge in [0.05, 0.1) is 6.61 Å². The lowest BCUT2D eigenvalue weighted by molar-refractivity contribution is 0.344. The highest BCUT2D eigenvalue weighted by Crippen LogP contribution is 2.14. The first kappa shape index (κ1) is 15.2. The van der Waals surface area contributed by atoms with Crippen LogP contribution in [0.4, 0.5) is 0 Å². The van der Waals surface area contributed by atoms with E-state index in [4.69, 9.17) is 9.84 Å². The van der Waals surface area contributed by atoms with E-state index >= 15 is 0 Å². The highest BCUT2D eigenvalue weighted by Gasteiger charge is 1.98. The van der Waals surface area contributed by atoms with Gasteiger partial charge in [-0.2, -0.15) is 0 Å². The molecular formula is C15H14N2O3S. The molecule has 2 rings (SSSR count). The molecule has 6 heteroatoms. The van der Waals surface area contributed by atoms with Crippen LogP contribution in [0.25, 0.3) is 0 Å². The van der Waals surface area contributed by atoms with Gasteiger partial charge in [0.25, 0.3) is 5.56 Å². The summed E-state index contributed by atoms with van der Waals surface area (Å²) in [6, 6.07) is 8.70. The molecule has 0 saturated heterocycles. The number of aliphatic hydroxyl groups excluding tert-OH is 1. The van der Waals surface area contributed by atoms with E-state index in [1.807, 2.05) is 24.3 Å². The van der Waals surface area contributed by atoms with Crippen molar-refractivity contribution in [1.82, 2.24) is 9.97 Å². The summed E-state index contributed by atoms with van der Waals surface area (Å²) >= 11 is 1.43. The lowest BCUT2D eigenvalue weighted by Crippen LogP contribution is -2.07. The molecule has 0 radical (unpaired) electrons. The number of ether oxygens (including phenoxy) is 1. The van der Waals surface area contributed by atoms with Crippen LogP contribution in [-0.2, 0) is 0 Å². The third-order valence-corrected chi connectivity index (χ3v) is 3.26. The van der Waals surface area contributed by atoms with E-state index in [-0.39, 0.29) is 12.2 Å². The Morgan fingerprint density at radius 2 is 2.10 bits per heavy atom. The summed E-state index contributed by atoms with van der Waals surface area (Å²) < 4.78 is 5.58. The zero-order valence-corrected chi connectivity index (χ0v) is 12.0. The minimum absolute atomic E-state index is 0.148. The molecule has 0 saturated carbocycles. The van der Waals surface area contributed by atoms with E-state index in [0.29, 0.717) is 17.5 Å². The Bertz CT molecular complexity index is 686. The van der Waals surface area contributed by atoms with Crippen molar-refractivity contribution in [2.45, 2.75) is 5.16 Å². The Morgan fingerprint density at radius 1 is 1.29 bits per heavy atom. The van der Waals surface area contributed by atoms with E-state index in [2.05, 4.69) is 21.8 Å². The number of aromatic nitrogens is 2. The van der Waals surface area contributed by atoms with Gasteiger partial charge in [-0.05, 0) is 24.3 Å². The maximum absolute atomic E-state index is 11.1. The minimum atomic E-state index is -0.159. The second-order valence-corrected chi connectivity index (χ2v) is 5.00. The van der Waals surface area contributed by atoms with Gasteiger partial charge in [0.2, 0.25) is 0 Å². The molecule has 0 fully saturated rings. The number of H-pyrrole nitrogens is 1. The molecule has 0 unspecified atom stereocenters. The summed E-state index contributed by atoms with van der Waals surface area (Å²) in [6.45, 7) is 0.357. The highest BCUT2D eigenvalue weighted by atomic mass is 32.2. The predicted molar refractivity (Wildman–Crippen MR) is 81.5 cm³/mol. The molecule has 0 aliphatic rings. The molecule has 0 aliphatic carbocycles. The smallest absolute Gasteiger partial charge is 0.251 e. The number of rotatable bonds is 5. The van der Waals surface area contributed by atoms with Gasteiger partial charge < -0.3 is 14.8 Å². The summed E-state index contributed by atoms with van der Waals surface area (Å²) in [5.74, 6) is 6.83. The second-order valence-electron chi connectivity index (χ2n) is 3.92. The number of hydrogen-bond acceptors (Lipinski definition) is 5. The Hall–Kier alpha value is -2.23. The van der Waals surface area contributed by atoms with Crippen LogP contribution in [0.5, 0.6) is 5.75 Å². The average Bonchev–Trinajstić information content (AvgIpc) is 2.51. The van der Waals surface area contributed by atoms with E-state index < -0.39 is 0 Å². The number of hydrogen-bond donors (Lipinski definition) is 2. The number of aromatic amines is 1. The summed E-state index contributed by atoms with van der Waals surface area (Å²) in [7, 11) is 0. The average molecular weight is 302 g/mol. The van der Waals surface area contributed by atoms with Crippen LogP contribution in [0, 0.1) is 11.8 Å². The Morgan fingerprint density at radius 3 is 2.81 bits per heavy atom. The third kappa shape index (κ3) is 5.34. The fourth-order valence-electron chi connectivity index (χ4n) is 1.50. The van der Waals surface area contributed by atoms with Crippen molar-refractivity contribution in [2.75, 3.05) is 19.0 Å². The summed E-state index contributed by atoms with van der Waals surface area (Å²) in [5.41, 5.74) is 0.671. The quantitative estimate of drug-likeness (QED) is 0.377. The summed E-state index contributed by atoms with van der Waals surface area (Å²) in [6.07, 6.45) is 1.48. The van der Waals surface area contributed by atoms with Crippen molar-refractivity contribution >= 4 is 11.8 Å². The van der Waals surface area contributed by atoms with Gasteiger partial charge in [-0.1, -0.05) is 23.6 Å². The van der Waals surface area contributed by atoms with Gasteiger partial charge in [-0.3, -0.25) is 4.79 Å². The van der Waals surface area contributed by atoms with Crippen molar-refractivity contribution in [3.63, 3.8) is 0 Å². The van der Waals surface area contributed by atoms with Gasteiger partial charge in [0.15, 0.2) is 5.16 Å². The zero-order chi connectivity index (χ0) is 14.9. The summed E-state index contributed by atoms with van der Waals surface area (Å²) in [4.78, 5) is 17.8. The number of nitrogens with one attached hydrogen (secondary N) is 1. The van der Waals surface area contributed by atoms with Crippen LogP contribution in [0.1, 0.15) is 5.56 Å². The minimum Gasteiger partial charge on any atom is -0.493 e. The molecule has 5 nitrogen and oxygen atoms in total. The third-order valence-electron chi connectivity index (χ3n) is 2.40. The molecular weight excluding hydrogens is 288 g/mol. The molecule has 1 aromatic heterocycles. The normalized spacial score (nSPS) is 9.76. The molecule has 108 valence electrons. The van der Waals surface area contributed by atoms with E-state index in [9.17, 15) is 4.79 Å². The molecule has 1 heterocycles. The van der Waals surface area contributed by atoms with Crippen molar-refractivity contribution in [1.29, 1.82) is 0 Å². The Kier molecular flexibility index (Phi) is 5.88. The molecule has 0 amide bonds. The van der Waals surface area contributed by atoms with Crippen molar-refractivity contribution in [3.05, 3.63) is 52.4 Å². The first-order chi connectivity index (χ1) is 10.3. The topological polar surface area (TPSA) is 75.2 Å². The van der Waals surface area contributed by atoms with Crippen molar-refractivity contribution in [3.8, 4) is 17.6 Å². The van der Waals surface area contributed by atoms with Gasteiger partial charge >= 0.3 is 0 Å². The van der Waals surface area contributed by atoms with Gasteiger partial charge in [-0.15, -0.1) is 0 Å². The molecule has 2 N–H and O–H groups in total. The first-order valence-electron chi connectivity index (χ1n) is 6.28. The maximum Gasteiger partial charge on any atom is 0.251 e. The lowest BCUT2D eigenvalue weighted by Gasteiger charge is -2.05. The monoisotopic (exact) mass is 302 g/mol. The molecule has 21 heavy (non-hydrogen) atoms. The van der Waals surface area contributed by atoms with Crippen LogP contribution in [0.2, 0.25) is 0 Å². The maximum atomic E-state index is 11.1. The van der Waals surface area contributed by atoms with Gasteiger partial charge in [0, 0.05) is 23.6 Å². The molecule has 1 aromatic carbocycles. The second kappa shape index (κ2) is 8.15.